The lowest BCUT2D eigenvalue weighted by molar-refractivity contribution is -0.113. The Balaban J connectivity index is 1.91. The number of hydrogen-bond donors (Lipinski definition) is 3. The van der Waals surface area contributed by atoms with Crippen molar-refractivity contribution in [3.8, 4) is 0 Å². The number of benzene rings is 1. The van der Waals surface area contributed by atoms with Crippen LogP contribution in [0.25, 0.3) is 0 Å². The number of thioether (sulfide) groups is 1. The molecule has 0 bridgehead atoms. The molecule has 2 rings (SSSR count). The number of nitrogens with zero attached hydrogens (tertiary/aromatic N) is 2. The molecule has 0 aliphatic heterocycles. The van der Waals surface area contributed by atoms with E-state index < -0.39 is 0 Å². The van der Waals surface area contributed by atoms with E-state index in [9.17, 15) is 14.4 Å². The fourth-order valence-corrected chi connectivity index (χ4v) is 2.88. The average Bonchev–Trinajstić information content (AvgIpc) is 2.98. The Kier molecular flexibility index (Phi) is 6.81. The van der Waals surface area contributed by atoms with Crippen LogP contribution < -0.4 is 16.3 Å². The molecule has 0 aliphatic rings. The summed E-state index contributed by atoms with van der Waals surface area (Å²) in [6.07, 6.45) is 1.84. The van der Waals surface area contributed by atoms with Crippen LogP contribution in [0.15, 0.2) is 34.2 Å². The van der Waals surface area contributed by atoms with Crippen molar-refractivity contribution in [2.45, 2.75) is 31.5 Å². The van der Waals surface area contributed by atoms with Gasteiger partial charge in [0.25, 0.3) is 5.91 Å². The van der Waals surface area contributed by atoms with E-state index in [0.717, 1.165) is 12.8 Å². The van der Waals surface area contributed by atoms with E-state index in [0.29, 0.717) is 23.0 Å². The quantitative estimate of drug-likeness (QED) is 0.615. The Labute approximate surface area is 149 Å². The highest BCUT2D eigenvalue weighted by Crippen LogP contribution is 2.15. The Morgan fingerprint density at radius 3 is 2.64 bits per heavy atom. The minimum atomic E-state index is -0.263. The Morgan fingerprint density at radius 2 is 2.00 bits per heavy atom. The zero-order chi connectivity index (χ0) is 18.2. The van der Waals surface area contributed by atoms with Gasteiger partial charge in [0.2, 0.25) is 5.91 Å². The number of carbonyl (C=O) groups excluding carboxylic acids is 2. The summed E-state index contributed by atoms with van der Waals surface area (Å²) in [6, 6.07) is 6.60. The van der Waals surface area contributed by atoms with Crippen LogP contribution in [0.2, 0.25) is 0 Å². The number of H-pyrrole nitrogens is 1. The molecule has 25 heavy (non-hydrogen) atoms. The van der Waals surface area contributed by atoms with E-state index in [-0.39, 0.29) is 23.3 Å². The zero-order valence-corrected chi connectivity index (χ0v) is 15.0. The topological polar surface area (TPSA) is 109 Å². The Hall–Kier alpha value is -2.55. The van der Waals surface area contributed by atoms with Gasteiger partial charge in [-0.25, -0.2) is 9.89 Å². The first-order valence-corrected chi connectivity index (χ1v) is 8.93. The van der Waals surface area contributed by atoms with Crippen molar-refractivity contribution < 1.29 is 9.59 Å². The average molecular weight is 363 g/mol. The van der Waals surface area contributed by atoms with Gasteiger partial charge in [-0.2, -0.15) is 0 Å². The van der Waals surface area contributed by atoms with Gasteiger partial charge in [-0.1, -0.05) is 25.1 Å². The van der Waals surface area contributed by atoms with Crippen LogP contribution in [0.3, 0.4) is 0 Å². The van der Waals surface area contributed by atoms with E-state index >= 15 is 0 Å². The van der Waals surface area contributed by atoms with Crippen molar-refractivity contribution >= 4 is 29.3 Å². The molecule has 1 aromatic heterocycles. The van der Waals surface area contributed by atoms with Gasteiger partial charge in [0.15, 0.2) is 5.16 Å². The highest BCUT2D eigenvalue weighted by Gasteiger charge is 2.11. The van der Waals surface area contributed by atoms with Crippen molar-refractivity contribution in [1.29, 1.82) is 0 Å². The maximum absolute atomic E-state index is 12.1. The predicted molar refractivity (Wildman–Crippen MR) is 96.9 cm³/mol. The van der Waals surface area contributed by atoms with Gasteiger partial charge in [0.05, 0.1) is 5.75 Å². The molecule has 1 aromatic carbocycles. The summed E-state index contributed by atoms with van der Waals surface area (Å²) in [7, 11) is 1.56. The second-order valence-corrected chi connectivity index (χ2v) is 6.25. The zero-order valence-electron chi connectivity index (χ0n) is 14.2. The van der Waals surface area contributed by atoms with E-state index in [4.69, 9.17) is 0 Å². The summed E-state index contributed by atoms with van der Waals surface area (Å²) >= 11 is 1.20. The second kappa shape index (κ2) is 9.07. The summed E-state index contributed by atoms with van der Waals surface area (Å²) in [5, 5.41) is 12.1. The van der Waals surface area contributed by atoms with E-state index in [1.807, 2.05) is 6.92 Å². The summed E-state index contributed by atoms with van der Waals surface area (Å²) in [5.41, 5.74) is 0.858. The van der Waals surface area contributed by atoms with Crippen LogP contribution in [-0.2, 0) is 11.3 Å². The third-order valence-electron chi connectivity index (χ3n) is 3.45. The molecule has 2 amide bonds. The van der Waals surface area contributed by atoms with Crippen molar-refractivity contribution in [1.82, 2.24) is 20.1 Å². The maximum Gasteiger partial charge on any atom is 0.343 e. The van der Waals surface area contributed by atoms with E-state index in [1.54, 1.807) is 35.9 Å². The van der Waals surface area contributed by atoms with Crippen molar-refractivity contribution in [3.63, 3.8) is 0 Å². The highest BCUT2D eigenvalue weighted by atomic mass is 32.2. The summed E-state index contributed by atoms with van der Waals surface area (Å²) in [4.78, 5) is 35.2. The van der Waals surface area contributed by atoms with Crippen molar-refractivity contribution in [3.05, 3.63) is 40.3 Å². The lowest BCUT2D eigenvalue weighted by Gasteiger charge is -2.07. The number of carbonyl (C=O) groups is 2. The van der Waals surface area contributed by atoms with Crippen LogP contribution in [0.1, 0.15) is 30.1 Å². The Morgan fingerprint density at radius 1 is 1.28 bits per heavy atom. The molecule has 1 heterocycles. The van der Waals surface area contributed by atoms with Gasteiger partial charge >= 0.3 is 5.69 Å². The van der Waals surface area contributed by atoms with E-state index in [2.05, 4.69) is 20.8 Å². The van der Waals surface area contributed by atoms with Gasteiger partial charge in [0, 0.05) is 24.8 Å². The number of aromatic nitrogens is 3. The minimum absolute atomic E-state index is 0.133. The molecule has 0 radical (unpaired) electrons. The molecule has 0 saturated carbocycles. The molecule has 9 heteroatoms. The monoisotopic (exact) mass is 363 g/mol. The summed E-state index contributed by atoms with van der Waals surface area (Å²) in [6.45, 7) is 2.62. The van der Waals surface area contributed by atoms with Gasteiger partial charge in [-0.3, -0.25) is 14.2 Å². The molecule has 0 spiro atoms. The molecule has 0 unspecified atom stereocenters. The second-order valence-electron chi connectivity index (χ2n) is 5.31. The first kappa shape index (κ1) is 18.8. The first-order valence-electron chi connectivity index (χ1n) is 7.95. The normalized spacial score (nSPS) is 10.5. The minimum Gasteiger partial charge on any atom is -0.355 e. The van der Waals surface area contributed by atoms with Crippen LogP contribution in [0, 0.1) is 0 Å². The smallest absolute Gasteiger partial charge is 0.343 e. The van der Waals surface area contributed by atoms with E-state index in [1.165, 1.54) is 11.8 Å². The number of hydrogen-bond acceptors (Lipinski definition) is 5. The molecule has 8 nitrogen and oxygen atoms in total. The van der Waals surface area contributed by atoms with Crippen molar-refractivity contribution in [2.75, 3.05) is 18.1 Å². The fourth-order valence-electron chi connectivity index (χ4n) is 2.10. The number of anilines is 1. The molecule has 0 fully saturated rings. The number of nitrogens with one attached hydrogen (secondary N) is 3. The molecule has 0 aliphatic carbocycles. The van der Waals surface area contributed by atoms with Crippen LogP contribution in [-0.4, -0.2) is 39.4 Å². The first-order chi connectivity index (χ1) is 12.0. The number of amides is 2. The van der Waals surface area contributed by atoms with Gasteiger partial charge in [-0.15, -0.1) is 5.10 Å². The Bertz CT molecular complexity index is 782. The molecule has 0 saturated heterocycles. The highest BCUT2D eigenvalue weighted by molar-refractivity contribution is 7.99. The molecule has 3 N–H and O–H groups in total. The largest absolute Gasteiger partial charge is 0.355 e. The predicted octanol–water partition coefficient (Wildman–Crippen LogP) is 1.46. The SMILES string of the molecule is CCCCn1c(SCC(=O)Nc2ccc(C(=O)NC)cc2)n[nH]c1=O. The van der Waals surface area contributed by atoms with Gasteiger partial charge < -0.3 is 10.6 Å². The molecular formula is C16H21N5O3S. The van der Waals surface area contributed by atoms with Crippen LogP contribution in [0.5, 0.6) is 0 Å². The molecule has 2 aromatic rings. The third-order valence-corrected chi connectivity index (χ3v) is 4.43. The summed E-state index contributed by atoms with van der Waals surface area (Å²) in [5.74, 6) is -0.264. The van der Waals surface area contributed by atoms with Gasteiger partial charge in [-0.05, 0) is 30.7 Å². The number of aromatic amines is 1. The van der Waals surface area contributed by atoms with Crippen LogP contribution >= 0.6 is 11.8 Å². The number of unbranched alkanes of at least 4 members (excludes halogenated alkanes) is 1. The lowest BCUT2D eigenvalue weighted by atomic mass is 10.2. The maximum atomic E-state index is 12.1. The number of rotatable bonds is 8. The summed E-state index contributed by atoms with van der Waals surface area (Å²) < 4.78 is 1.54. The molecule has 134 valence electrons. The fraction of sp³-hybridized carbons (Fsp3) is 0.375. The van der Waals surface area contributed by atoms with Crippen LogP contribution in [0.4, 0.5) is 5.69 Å². The molecular weight excluding hydrogens is 342 g/mol. The standard InChI is InChI=1S/C16H21N5O3S/c1-3-4-9-21-15(24)19-20-16(21)25-10-13(22)18-12-7-5-11(6-8-12)14(23)17-2/h5-8H,3-4,9-10H2,1-2H3,(H,17,23)(H,18,22)(H,19,24). The lowest BCUT2D eigenvalue weighted by Crippen LogP contribution is -2.19. The molecule has 0 atom stereocenters. The van der Waals surface area contributed by atoms with Crippen molar-refractivity contribution in [2.24, 2.45) is 0 Å². The third kappa shape index (κ3) is 5.21. The van der Waals surface area contributed by atoms with Gasteiger partial charge in [0.1, 0.15) is 0 Å².